The Balaban J connectivity index is 2.08. The van der Waals surface area contributed by atoms with Gasteiger partial charge in [-0.05, 0) is 44.2 Å². The predicted octanol–water partition coefficient (Wildman–Crippen LogP) is 1.60. The zero-order chi connectivity index (χ0) is 9.15. The Morgan fingerprint density at radius 2 is 2.23 bits per heavy atom. The highest BCUT2D eigenvalue weighted by atomic mass is 16.3. The van der Waals surface area contributed by atoms with Crippen molar-refractivity contribution in [2.24, 2.45) is 0 Å². The number of aliphatic hydroxyl groups is 1. The molecule has 1 fully saturated rings. The van der Waals surface area contributed by atoms with Crippen LogP contribution in [0.25, 0.3) is 0 Å². The van der Waals surface area contributed by atoms with Gasteiger partial charge in [-0.3, -0.25) is 0 Å². The summed E-state index contributed by atoms with van der Waals surface area (Å²) in [6, 6.07) is 0. The Morgan fingerprint density at radius 1 is 1.31 bits per heavy atom. The summed E-state index contributed by atoms with van der Waals surface area (Å²) in [4.78, 5) is 0. The van der Waals surface area contributed by atoms with Gasteiger partial charge in [0, 0.05) is 6.54 Å². The normalized spacial score (nSPS) is 35.6. The van der Waals surface area contributed by atoms with E-state index in [1.807, 2.05) is 0 Å². The van der Waals surface area contributed by atoms with Crippen LogP contribution in [0.1, 0.15) is 38.5 Å². The first-order chi connectivity index (χ1) is 6.31. The third-order valence-electron chi connectivity index (χ3n) is 3.27. The average Bonchev–Trinajstić information content (AvgIpc) is 2.44. The van der Waals surface area contributed by atoms with Crippen molar-refractivity contribution in [3.8, 4) is 0 Å². The molecule has 2 N–H and O–H groups in total. The Bertz CT molecular complexity index is 204. The van der Waals surface area contributed by atoms with Gasteiger partial charge in [-0.25, -0.2) is 0 Å². The lowest BCUT2D eigenvalue weighted by atomic mass is 9.89. The Labute approximate surface area is 80.0 Å². The molecule has 0 bridgehead atoms. The molecule has 0 saturated carbocycles. The highest BCUT2D eigenvalue weighted by molar-refractivity contribution is 5.20. The number of hydrogen-bond acceptors (Lipinski definition) is 2. The van der Waals surface area contributed by atoms with Crippen LogP contribution in [-0.2, 0) is 0 Å². The van der Waals surface area contributed by atoms with Gasteiger partial charge in [-0.2, -0.15) is 0 Å². The first kappa shape index (κ1) is 9.22. The Kier molecular flexibility index (Phi) is 2.70. The molecular formula is C11H19NO. The number of allylic oxidation sites excluding steroid dienone is 1. The molecule has 2 aliphatic rings. The lowest BCUT2D eigenvalue weighted by Crippen LogP contribution is -2.33. The summed E-state index contributed by atoms with van der Waals surface area (Å²) >= 11 is 0. The van der Waals surface area contributed by atoms with Crippen molar-refractivity contribution < 1.29 is 5.11 Å². The van der Waals surface area contributed by atoms with Gasteiger partial charge in [0.25, 0.3) is 0 Å². The standard InChI is InChI=1S/C11H19NO/c13-11(7-8-12-9-11)10-5-3-1-2-4-6-10/h5,12-13H,1-4,6-9H2. The maximum Gasteiger partial charge on any atom is 0.0992 e. The Morgan fingerprint density at radius 3 is 3.00 bits per heavy atom. The highest BCUT2D eigenvalue weighted by Crippen LogP contribution is 2.30. The van der Waals surface area contributed by atoms with E-state index >= 15 is 0 Å². The zero-order valence-electron chi connectivity index (χ0n) is 8.18. The van der Waals surface area contributed by atoms with Gasteiger partial charge in [-0.1, -0.05) is 12.5 Å². The molecule has 1 saturated heterocycles. The molecule has 74 valence electrons. The van der Waals surface area contributed by atoms with E-state index in [0.717, 1.165) is 32.4 Å². The molecule has 2 nitrogen and oxygen atoms in total. The third-order valence-corrected chi connectivity index (χ3v) is 3.27. The van der Waals surface area contributed by atoms with Crippen LogP contribution in [0.15, 0.2) is 11.6 Å². The fourth-order valence-electron chi connectivity index (χ4n) is 2.39. The molecule has 1 aliphatic heterocycles. The van der Waals surface area contributed by atoms with E-state index < -0.39 is 5.60 Å². The monoisotopic (exact) mass is 181 g/mol. The molecule has 1 aliphatic carbocycles. The summed E-state index contributed by atoms with van der Waals surface area (Å²) in [5.74, 6) is 0. The molecule has 2 rings (SSSR count). The molecule has 0 aromatic carbocycles. The number of rotatable bonds is 1. The van der Waals surface area contributed by atoms with E-state index in [-0.39, 0.29) is 0 Å². The van der Waals surface area contributed by atoms with Gasteiger partial charge in [0.15, 0.2) is 0 Å². The van der Waals surface area contributed by atoms with E-state index in [4.69, 9.17) is 0 Å². The Hall–Kier alpha value is -0.340. The summed E-state index contributed by atoms with van der Waals surface area (Å²) in [6.45, 7) is 1.73. The minimum absolute atomic E-state index is 0.496. The van der Waals surface area contributed by atoms with E-state index in [1.165, 1.54) is 24.8 Å². The van der Waals surface area contributed by atoms with Crippen molar-refractivity contribution in [3.63, 3.8) is 0 Å². The molecular weight excluding hydrogens is 162 g/mol. The molecule has 0 aromatic heterocycles. The van der Waals surface area contributed by atoms with E-state index in [1.54, 1.807) is 0 Å². The smallest absolute Gasteiger partial charge is 0.0992 e. The van der Waals surface area contributed by atoms with Crippen LogP contribution < -0.4 is 5.32 Å². The van der Waals surface area contributed by atoms with Gasteiger partial charge < -0.3 is 10.4 Å². The molecule has 1 atom stereocenters. The summed E-state index contributed by atoms with van der Waals surface area (Å²) in [7, 11) is 0. The second-order valence-electron chi connectivity index (χ2n) is 4.29. The van der Waals surface area contributed by atoms with Crippen molar-refractivity contribution in [2.75, 3.05) is 13.1 Å². The maximum atomic E-state index is 10.3. The second-order valence-corrected chi connectivity index (χ2v) is 4.29. The van der Waals surface area contributed by atoms with Crippen molar-refractivity contribution in [2.45, 2.75) is 44.1 Å². The quantitative estimate of drug-likeness (QED) is 0.602. The first-order valence-corrected chi connectivity index (χ1v) is 5.44. The van der Waals surface area contributed by atoms with Crippen LogP contribution in [0.2, 0.25) is 0 Å². The van der Waals surface area contributed by atoms with Crippen molar-refractivity contribution >= 4 is 0 Å². The lowest BCUT2D eigenvalue weighted by molar-refractivity contribution is 0.0959. The molecule has 0 radical (unpaired) electrons. The summed E-state index contributed by atoms with van der Waals surface area (Å²) < 4.78 is 0. The van der Waals surface area contributed by atoms with Gasteiger partial charge in [-0.15, -0.1) is 0 Å². The molecule has 1 unspecified atom stereocenters. The third kappa shape index (κ3) is 1.94. The van der Waals surface area contributed by atoms with Gasteiger partial charge in [0.1, 0.15) is 0 Å². The summed E-state index contributed by atoms with van der Waals surface area (Å²) in [5, 5.41) is 13.5. The molecule has 2 heteroatoms. The van der Waals surface area contributed by atoms with E-state index in [2.05, 4.69) is 11.4 Å². The fraction of sp³-hybridized carbons (Fsp3) is 0.818. The van der Waals surface area contributed by atoms with E-state index in [9.17, 15) is 5.11 Å². The van der Waals surface area contributed by atoms with Gasteiger partial charge in [0.05, 0.1) is 5.60 Å². The largest absolute Gasteiger partial charge is 0.384 e. The molecule has 0 aromatic rings. The topological polar surface area (TPSA) is 32.3 Å². The van der Waals surface area contributed by atoms with Gasteiger partial charge >= 0.3 is 0 Å². The van der Waals surface area contributed by atoms with Crippen LogP contribution >= 0.6 is 0 Å². The average molecular weight is 181 g/mol. The van der Waals surface area contributed by atoms with Crippen LogP contribution in [0.5, 0.6) is 0 Å². The fourth-order valence-corrected chi connectivity index (χ4v) is 2.39. The van der Waals surface area contributed by atoms with Crippen LogP contribution in [0.4, 0.5) is 0 Å². The van der Waals surface area contributed by atoms with Crippen LogP contribution in [-0.4, -0.2) is 23.8 Å². The first-order valence-electron chi connectivity index (χ1n) is 5.44. The summed E-state index contributed by atoms with van der Waals surface area (Å²) in [5.41, 5.74) is 0.805. The second kappa shape index (κ2) is 3.81. The van der Waals surface area contributed by atoms with Crippen molar-refractivity contribution in [1.82, 2.24) is 5.32 Å². The number of hydrogen-bond donors (Lipinski definition) is 2. The number of β-amino-alcohol motifs (C(OH)–C–C–N with tert-alkyl or cyclic N) is 1. The molecule has 13 heavy (non-hydrogen) atoms. The zero-order valence-corrected chi connectivity index (χ0v) is 8.18. The highest BCUT2D eigenvalue weighted by Gasteiger charge is 2.34. The van der Waals surface area contributed by atoms with Crippen LogP contribution in [0, 0.1) is 0 Å². The minimum Gasteiger partial charge on any atom is -0.384 e. The molecule has 1 heterocycles. The van der Waals surface area contributed by atoms with Crippen molar-refractivity contribution in [1.29, 1.82) is 0 Å². The minimum atomic E-state index is -0.496. The molecule has 0 amide bonds. The maximum absolute atomic E-state index is 10.3. The van der Waals surface area contributed by atoms with Crippen LogP contribution in [0.3, 0.4) is 0 Å². The number of nitrogens with one attached hydrogen (secondary N) is 1. The summed E-state index contributed by atoms with van der Waals surface area (Å²) in [6.07, 6.45) is 9.33. The van der Waals surface area contributed by atoms with Gasteiger partial charge in [0.2, 0.25) is 0 Å². The SMILES string of the molecule is OC1(C2=CCCCCC2)CCNC1. The lowest BCUT2D eigenvalue weighted by Gasteiger charge is -2.24. The molecule has 0 spiro atoms. The predicted molar refractivity (Wildman–Crippen MR) is 53.6 cm³/mol. The van der Waals surface area contributed by atoms with E-state index in [0.29, 0.717) is 0 Å². The van der Waals surface area contributed by atoms with Crippen molar-refractivity contribution in [3.05, 3.63) is 11.6 Å².